The summed E-state index contributed by atoms with van der Waals surface area (Å²) in [5.41, 5.74) is 12.8. The average Bonchev–Trinajstić information content (AvgIpc) is 3.37. The van der Waals surface area contributed by atoms with Gasteiger partial charge in [0.15, 0.2) is 5.82 Å². The van der Waals surface area contributed by atoms with E-state index in [9.17, 15) is 4.79 Å². The molecule has 1 aliphatic rings. The molecule has 2 aromatic heterocycles. The SMILES string of the molecule is COc1ccc(NC(=O)Nc2ccc(-n3c4c(c5ncnc(N)c53)CCC4)cc2)cc1. The van der Waals surface area contributed by atoms with E-state index in [1.807, 2.05) is 24.3 Å². The Labute approximate surface area is 179 Å². The number of urea groups is 1. The lowest BCUT2D eigenvalue weighted by Gasteiger charge is -2.12. The lowest BCUT2D eigenvalue weighted by Crippen LogP contribution is -2.19. The quantitative estimate of drug-likeness (QED) is 0.465. The van der Waals surface area contributed by atoms with Crippen molar-refractivity contribution in [2.45, 2.75) is 19.3 Å². The Morgan fingerprint density at radius 1 is 1.00 bits per heavy atom. The van der Waals surface area contributed by atoms with Gasteiger partial charge >= 0.3 is 6.03 Å². The summed E-state index contributed by atoms with van der Waals surface area (Å²) in [5, 5.41) is 5.66. The fourth-order valence-corrected chi connectivity index (χ4v) is 4.14. The van der Waals surface area contributed by atoms with Gasteiger partial charge in [0.2, 0.25) is 0 Å². The average molecular weight is 414 g/mol. The number of nitrogen functional groups attached to an aromatic ring is 1. The van der Waals surface area contributed by atoms with Crippen LogP contribution >= 0.6 is 0 Å². The lowest BCUT2D eigenvalue weighted by molar-refractivity contribution is 0.262. The standard InChI is InChI=1S/C23H22N6O2/c1-31-17-11-7-15(8-12-17)28-23(30)27-14-5-9-16(10-6-14)29-19-4-2-3-18(19)20-21(29)22(24)26-13-25-20/h5-13H,2-4H2,1H3,(H2,24,25,26)(H2,27,28,30). The van der Waals surface area contributed by atoms with Gasteiger partial charge in [0.1, 0.15) is 17.6 Å². The summed E-state index contributed by atoms with van der Waals surface area (Å²) in [6, 6.07) is 14.5. The van der Waals surface area contributed by atoms with Crippen LogP contribution in [-0.2, 0) is 12.8 Å². The summed E-state index contributed by atoms with van der Waals surface area (Å²) >= 11 is 0. The van der Waals surface area contributed by atoms with E-state index in [0.29, 0.717) is 17.2 Å². The smallest absolute Gasteiger partial charge is 0.323 e. The number of hydrogen-bond acceptors (Lipinski definition) is 5. The third kappa shape index (κ3) is 3.42. The zero-order chi connectivity index (χ0) is 21.4. The number of fused-ring (bicyclic) bond motifs is 3. The van der Waals surface area contributed by atoms with Gasteiger partial charge in [-0.05, 0) is 73.4 Å². The Kier molecular flexibility index (Phi) is 4.66. The second kappa shape index (κ2) is 7.64. The van der Waals surface area contributed by atoms with Gasteiger partial charge in [0.05, 0.1) is 12.6 Å². The predicted molar refractivity (Wildman–Crippen MR) is 121 cm³/mol. The number of ether oxygens (including phenoxy) is 1. The lowest BCUT2D eigenvalue weighted by atomic mass is 10.2. The molecule has 0 atom stereocenters. The number of aromatic nitrogens is 3. The number of methoxy groups -OCH3 is 1. The van der Waals surface area contributed by atoms with Crippen molar-refractivity contribution in [1.29, 1.82) is 0 Å². The third-order valence-electron chi connectivity index (χ3n) is 5.55. The highest BCUT2D eigenvalue weighted by atomic mass is 16.5. The molecule has 156 valence electrons. The van der Waals surface area contributed by atoms with Gasteiger partial charge in [-0.2, -0.15) is 0 Å². The zero-order valence-corrected chi connectivity index (χ0v) is 17.1. The molecule has 0 aliphatic heterocycles. The number of aryl methyl sites for hydroxylation is 1. The van der Waals surface area contributed by atoms with Crippen molar-refractivity contribution in [3.05, 3.63) is 66.1 Å². The van der Waals surface area contributed by atoms with E-state index in [-0.39, 0.29) is 6.03 Å². The fraction of sp³-hybridized carbons (Fsp3) is 0.174. The molecule has 2 heterocycles. The van der Waals surface area contributed by atoms with Crippen molar-refractivity contribution in [1.82, 2.24) is 14.5 Å². The number of rotatable bonds is 4. The first-order valence-electron chi connectivity index (χ1n) is 10.1. The van der Waals surface area contributed by atoms with Crippen molar-refractivity contribution in [3.63, 3.8) is 0 Å². The molecule has 4 N–H and O–H groups in total. The predicted octanol–water partition coefficient (Wildman–Crippen LogP) is 4.14. The van der Waals surface area contributed by atoms with Crippen LogP contribution in [0, 0.1) is 0 Å². The topological polar surface area (TPSA) is 107 Å². The highest BCUT2D eigenvalue weighted by Crippen LogP contribution is 2.36. The van der Waals surface area contributed by atoms with Crippen LogP contribution < -0.4 is 21.1 Å². The van der Waals surface area contributed by atoms with E-state index in [2.05, 4.69) is 25.2 Å². The monoisotopic (exact) mass is 414 g/mol. The van der Waals surface area contributed by atoms with E-state index in [4.69, 9.17) is 10.5 Å². The number of nitrogens with one attached hydrogen (secondary N) is 2. The maximum absolute atomic E-state index is 12.3. The molecular formula is C23H22N6O2. The van der Waals surface area contributed by atoms with Gasteiger partial charge in [-0.3, -0.25) is 0 Å². The Balaban J connectivity index is 1.38. The van der Waals surface area contributed by atoms with Crippen LogP contribution in [0.3, 0.4) is 0 Å². The molecule has 1 aliphatic carbocycles. The third-order valence-corrected chi connectivity index (χ3v) is 5.55. The molecule has 2 aromatic carbocycles. The molecule has 0 unspecified atom stereocenters. The van der Waals surface area contributed by atoms with Crippen molar-refractivity contribution in [2.24, 2.45) is 0 Å². The summed E-state index contributed by atoms with van der Waals surface area (Å²) in [6.07, 6.45) is 4.61. The minimum atomic E-state index is -0.317. The van der Waals surface area contributed by atoms with Crippen molar-refractivity contribution in [3.8, 4) is 11.4 Å². The summed E-state index contributed by atoms with van der Waals surface area (Å²) in [7, 11) is 1.60. The number of benzene rings is 2. The first kappa shape index (κ1) is 18.9. The number of nitrogens with zero attached hydrogens (tertiary/aromatic N) is 3. The van der Waals surface area contributed by atoms with E-state index < -0.39 is 0 Å². The molecule has 2 amide bonds. The largest absolute Gasteiger partial charge is 0.497 e. The van der Waals surface area contributed by atoms with Crippen molar-refractivity contribution < 1.29 is 9.53 Å². The number of anilines is 3. The van der Waals surface area contributed by atoms with Crippen LogP contribution in [0.25, 0.3) is 16.7 Å². The molecule has 5 rings (SSSR count). The summed E-state index contributed by atoms with van der Waals surface area (Å²) in [4.78, 5) is 21.0. The molecule has 0 fully saturated rings. The molecule has 0 radical (unpaired) electrons. The van der Waals surface area contributed by atoms with Crippen LogP contribution in [0.5, 0.6) is 5.75 Å². The minimum Gasteiger partial charge on any atom is -0.497 e. The second-order valence-electron chi connectivity index (χ2n) is 7.42. The van der Waals surface area contributed by atoms with E-state index in [1.54, 1.807) is 31.4 Å². The summed E-state index contributed by atoms with van der Waals surface area (Å²) < 4.78 is 7.27. The molecule has 31 heavy (non-hydrogen) atoms. The first-order valence-corrected chi connectivity index (χ1v) is 10.1. The summed E-state index contributed by atoms with van der Waals surface area (Å²) in [5.74, 6) is 1.21. The van der Waals surface area contributed by atoms with Crippen LogP contribution in [-0.4, -0.2) is 27.7 Å². The molecule has 8 heteroatoms. The molecule has 0 saturated heterocycles. The first-order chi connectivity index (χ1) is 15.1. The van der Waals surface area contributed by atoms with Gasteiger partial charge in [-0.25, -0.2) is 14.8 Å². The number of amides is 2. The number of nitrogens with two attached hydrogens (primary N) is 1. The number of hydrogen-bond donors (Lipinski definition) is 3. The fourth-order valence-electron chi connectivity index (χ4n) is 4.14. The second-order valence-corrected chi connectivity index (χ2v) is 7.42. The number of carbonyl (C=O) groups excluding carboxylic acids is 1. The molecule has 8 nitrogen and oxygen atoms in total. The Hall–Kier alpha value is -4.07. The maximum Gasteiger partial charge on any atom is 0.323 e. The van der Waals surface area contributed by atoms with E-state index in [1.165, 1.54) is 17.6 Å². The van der Waals surface area contributed by atoms with Crippen LogP contribution in [0.4, 0.5) is 22.0 Å². The van der Waals surface area contributed by atoms with Gasteiger partial charge in [0, 0.05) is 22.8 Å². The molecule has 0 spiro atoms. The summed E-state index contributed by atoms with van der Waals surface area (Å²) in [6.45, 7) is 0. The molecular weight excluding hydrogens is 392 g/mol. The van der Waals surface area contributed by atoms with Crippen LogP contribution in [0.2, 0.25) is 0 Å². The highest BCUT2D eigenvalue weighted by Gasteiger charge is 2.25. The van der Waals surface area contributed by atoms with Gasteiger partial charge in [0.25, 0.3) is 0 Å². The highest BCUT2D eigenvalue weighted by molar-refractivity contribution is 6.00. The van der Waals surface area contributed by atoms with E-state index in [0.717, 1.165) is 41.7 Å². The van der Waals surface area contributed by atoms with E-state index >= 15 is 0 Å². The maximum atomic E-state index is 12.3. The van der Waals surface area contributed by atoms with Crippen LogP contribution in [0.1, 0.15) is 17.7 Å². The molecule has 0 bridgehead atoms. The normalized spacial score (nSPS) is 12.5. The van der Waals surface area contributed by atoms with Crippen molar-refractivity contribution in [2.75, 3.05) is 23.5 Å². The zero-order valence-electron chi connectivity index (χ0n) is 17.1. The Morgan fingerprint density at radius 2 is 1.68 bits per heavy atom. The van der Waals surface area contributed by atoms with Gasteiger partial charge in [-0.15, -0.1) is 0 Å². The molecule has 0 saturated carbocycles. The minimum absolute atomic E-state index is 0.317. The Bertz CT molecular complexity index is 1260. The number of carbonyl (C=O) groups is 1. The van der Waals surface area contributed by atoms with Crippen LogP contribution in [0.15, 0.2) is 54.9 Å². The van der Waals surface area contributed by atoms with Gasteiger partial charge in [-0.1, -0.05) is 0 Å². The Morgan fingerprint density at radius 3 is 2.35 bits per heavy atom. The van der Waals surface area contributed by atoms with Crippen molar-refractivity contribution >= 4 is 34.3 Å². The van der Waals surface area contributed by atoms with Gasteiger partial charge < -0.3 is 25.7 Å². The molecule has 4 aromatic rings.